The highest BCUT2D eigenvalue weighted by Gasteiger charge is 2.49. The average Bonchev–Trinajstić information content (AvgIpc) is 3.38. The molecule has 3 aliphatic rings. The maximum absolute atomic E-state index is 13.1. The van der Waals surface area contributed by atoms with E-state index in [0.717, 1.165) is 16.8 Å². The average molecular weight is 438 g/mol. The van der Waals surface area contributed by atoms with Gasteiger partial charge in [-0.3, -0.25) is 9.59 Å². The molecule has 3 heterocycles. The molecule has 1 aliphatic carbocycles. The molecular formula is C26H23N5O2. The quantitative estimate of drug-likeness (QED) is 0.493. The van der Waals surface area contributed by atoms with Gasteiger partial charge in [0.05, 0.1) is 11.8 Å². The van der Waals surface area contributed by atoms with E-state index < -0.39 is 0 Å². The van der Waals surface area contributed by atoms with Gasteiger partial charge in [-0.05, 0) is 37.0 Å². The maximum atomic E-state index is 13.1. The second-order valence-electron chi connectivity index (χ2n) is 8.77. The van der Waals surface area contributed by atoms with E-state index in [4.69, 9.17) is 0 Å². The van der Waals surface area contributed by atoms with Gasteiger partial charge in [-0.15, -0.1) is 5.10 Å². The summed E-state index contributed by atoms with van der Waals surface area (Å²) in [6, 6.07) is 18.1. The molecule has 1 aromatic heterocycles. The Balaban J connectivity index is 1.43. The van der Waals surface area contributed by atoms with Crippen LogP contribution < -0.4 is 10.2 Å². The fourth-order valence-corrected chi connectivity index (χ4v) is 4.86. The number of hydrogen-bond acceptors (Lipinski definition) is 5. The van der Waals surface area contributed by atoms with Gasteiger partial charge in [-0.1, -0.05) is 72.3 Å². The third-order valence-corrected chi connectivity index (χ3v) is 6.67. The van der Waals surface area contributed by atoms with Gasteiger partial charge in [0, 0.05) is 5.70 Å². The number of hydrogen-bond donors (Lipinski definition) is 1. The minimum Gasteiger partial charge on any atom is -0.324 e. The number of rotatable bonds is 3. The Morgan fingerprint density at radius 3 is 2.24 bits per heavy atom. The maximum Gasteiger partial charge on any atom is 0.260 e. The van der Waals surface area contributed by atoms with Crippen LogP contribution in [0.2, 0.25) is 0 Å². The largest absolute Gasteiger partial charge is 0.324 e. The van der Waals surface area contributed by atoms with Gasteiger partial charge in [0.2, 0.25) is 17.8 Å². The van der Waals surface area contributed by atoms with Crippen LogP contribution >= 0.6 is 0 Å². The molecule has 3 atom stereocenters. The first kappa shape index (κ1) is 19.7. The van der Waals surface area contributed by atoms with Crippen LogP contribution in [0, 0.1) is 18.8 Å². The number of carbonyl (C=O) groups excluding carboxylic acids is 2. The number of aromatic nitrogens is 3. The Hall–Kier alpha value is -4.00. The molecule has 0 radical (unpaired) electrons. The summed E-state index contributed by atoms with van der Waals surface area (Å²) in [7, 11) is 0. The molecule has 7 nitrogen and oxygen atoms in total. The predicted molar refractivity (Wildman–Crippen MR) is 125 cm³/mol. The Labute approximate surface area is 191 Å². The minimum atomic E-state index is -0.318. The van der Waals surface area contributed by atoms with E-state index in [1.165, 1.54) is 10.5 Å². The molecule has 164 valence electrons. The monoisotopic (exact) mass is 437 g/mol. The zero-order valence-corrected chi connectivity index (χ0v) is 18.2. The van der Waals surface area contributed by atoms with Gasteiger partial charge in [0.15, 0.2) is 0 Å². The number of allylic oxidation sites excluding steroid dienone is 3. The zero-order chi connectivity index (χ0) is 22.5. The van der Waals surface area contributed by atoms with E-state index in [0.29, 0.717) is 18.8 Å². The second-order valence-corrected chi connectivity index (χ2v) is 8.77. The van der Waals surface area contributed by atoms with Gasteiger partial charge in [-0.25, -0.2) is 9.58 Å². The van der Waals surface area contributed by atoms with Crippen molar-refractivity contribution in [2.75, 3.05) is 10.2 Å². The van der Waals surface area contributed by atoms with E-state index in [1.807, 2.05) is 42.5 Å². The molecule has 0 saturated carbocycles. The number of carbonyl (C=O) groups is 2. The van der Waals surface area contributed by atoms with Gasteiger partial charge < -0.3 is 5.32 Å². The van der Waals surface area contributed by atoms with Gasteiger partial charge in [0.25, 0.3) is 5.95 Å². The molecule has 6 rings (SSSR count). The lowest BCUT2D eigenvalue weighted by Gasteiger charge is -2.24. The van der Waals surface area contributed by atoms with Crippen molar-refractivity contribution in [3.05, 3.63) is 89.5 Å². The van der Waals surface area contributed by atoms with Crippen molar-refractivity contribution in [2.24, 2.45) is 11.8 Å². The normalized spacial score (nSPS) is 23.7. The molecule has 1 saturated heterocycles. The summed E-state index contributed by atoms with van der Waals surface area (Å²) in [5.41, 5.74) is 4.15. The number of nitrogens with zero attached hydrogens (tertiary/aromatic N) is 4. The topological polar surface area (TPSA) is 80.1 Å². The summed E-state index contributed by atoms with van der Waals surface area (Å²) in [6.07, 6.45) is 7.23. The summed E-state index contributed by atoms with van der Waals surface area (Å²) < 4.78 is 1.76. The molecule has 1 fully saturated rings. The highest BCUT2D eigenvalue weighted by molar-refractivity contribution is 6.21. The van der Waals surface area contributed by atoms with Crippen molar-refractivity contribution in [1.82, 2.24) is 14.8 Å². The minimum absolute atomic E-state index is 0.140. The van der Waals surface area contributed by atoms with Crippen LogP contribution in [0.5, 0.6) is 0 Å². The Kier molecular flexibility index (Phi) is 4.50. The van der Waals surface area contributed by atoms with Crippen LogP contribution in [-0.2, 0) is 9.59 Å². The first-order valence-corrected chi connectivity index (χ1v) is 11.2. The summed E-state index contributed by atoms with van der Waals surface area (Å²) >= 11 is 0. The van der Waals surface area contributed by atoms with E-state index in [9.17, 15) is 9.59 Å². The van der Waals surface area contributed by atoms with Gasteiger partial charge in [-0.2, -0.15) is 4.98 Å². The van der Waals surface area contributed by atoms with Crippen LogP contribution in [0.15, 0.2) is 72.8 Å². The van der Waals surface area contributed by atoms with E-state index in [2.05, 4.69) is 52.7 Å². The molecule has 0 unspecified atom stereocenters. The molecule has 33 heavy (non-hydrogen) atoms. The summed E-state index contributed by atoms with van der Waals surface area (Å²) in [5, 5.41) is 8.01. The third-order valence-electron chi connectivity index (χ3n) is 6.67. The van der Waals surface area contributed by atoms with Crippen molar-refractivity contribution in [3.8, 4) is 0 Å². The molecule has 0 bridgehead atoms. The van der Waals surface area contributed by atoms with Crippen molar-refractivity contribution < 1.29 is 9.59 Å². The number of imide groups is 1. The van der Waals surface area contributed by atoms with E-state index in [1.54, 1.807) is 4.68 Å². The molecule has 7 heteroatoms. The SMILES string of the molecule is Cc1ccc([C@@H]2C=C(c3ccccc3)Nc3nc(N4C(=O)[C@H]5CC=CC[C@H]5C4=O)nn32)cc1. The first-order chi connectivity index (χ1) is 16.1. The Morgan fingerprint density at radius 1 is 0.909 bits per heavy atom. The van der Waals surface area contributed by atoms with Crippen molar-refractivity contribution in [1.29, 1.82) is 0 Å². The second kappa shape index (κ2) is 7.55. The van der Waals surface area contributed by atoms with Crippen LogP contribution in [-0.4, -0.2) is 26.6 Å². The van der Waals surface area contributed by atoms with Crippen LogP contribution in [0.4, 0.5) is 11.9 Å². The van der Waals surface area contributed by atoms with Gasteiger partial charge >= 0.3 is 0 Å². The fourth-order valence-electron chi connectivity index (χ4n) is 4.86. The van der Waals surface area contributed by atoms with E-state index in [-0.39, 0.29) is 35.6 Å². The molecule has 3 aromatic rings. The molecule has 2 aromatic carbocycles. The van der Waals surface area contributed by atoms with Gasteiger partial charge in [0.1, 0.15) is 6.04 Å². The molecular weight excluding hydrogens is 414 g/mol. The van der Waals surface area contributed by atoms with Crippen LogP contribution in [0.1, 0.15) is 35.6 Å². The highest BCUT2D eigenvalue weighted by Crippen LogP contribution is 2.39. The predicted octanol–water partition coefficient (Wildman–Crippen LogP) is 4.10. The summed E-state index contributed by atoms with van der Waals surface area (Å²) in [4.78, 5) is 32.0. The molecule has 0 spiro atoms. The Morgan fingerprint density at radius 2 is 1.58 bits per heavy atom. The lowest BCUT2D eigenvalue weighted by molar-refractivity contribution is -0.122. The molecule has 1 N–H and O–H groups in total. The van der Waals surface area contributed by atoms with Crippen molar-refractivity contribution in [2.45, 2.75) is 25.8 Å². The van der Waals surface area contributed by atoms with Crippen LogP contribution in [0.25, 0.3) is 5.70 Å². The van der Waals surface area contributed by atoms with Crippen LogP contribution in [0.3, 0.4) is 0 Å². The summed E-state index contributed by atoms with van der Waals surface area (Å²) in [5.74, 6) is -0.406. The molecule has 2 amide bonds. The first-order valence-electron chi connectivity index (χ1n) is 11.2. The lowest BCUT2D eigenvalue weighted by atomic mass is 9.85. The summed E-state index contributed by atoms with van der Waals surface area (Å²) in [6.45, 7) is 2.05. The zero-order valence-electron chi connectivity index (χ0n) is 18.2. The number of fused-ring (bicyclic) bond motifs is 2. The Bertz CT molecular complexity index is 1280. The third kappa shape index (κ3) is 3.19. The number of aryl methyl sites for hydroxylation is 1. The van der Waals surface area contributed by atoms with E-state index >= 15 is 0 Å². The number of nitrogens with one attached hydrogen (secondary N) is 1. The molecule has 2 aliphatic heterocycles. The number of amides is 2. The fraction of sp³-hybridized carbons (Fsp3) is 0.231. The number of anilines is 2. The highest BCUT2D eigenvalue weighted by atomic mass is 16.2. The number of benzene rings is 2. The van der Waals surface area contributed by atoms with Crippen molar-refractivity contribution >= 4 is 29.4 Å². The van der Waals surface area contributed by atoms with Crippen molar-refractivity contribution in [3.63, 3.8) is 0 Å². The standard InChI is InChI=1S/C26H23N5O2/c1-16-11-13-18(14-12-16)22-15-21(17-7-3-2-4-8-17)27-25-28-26(29-31(22)25)30-23(32)19-9-5-6-10-20(19)24(30)33/h2-8,11-15,19-20,22H,9-10H2,1H3,(H,27,28,29)/t19-,20+,22-/m0/s1. The lowest BCUT2D eigenvalue weighted by Crippen LogP contribution is -2.32. The smallest absolute Gasteiger partial charge is 0.260 e.